The van der Waals surface area contributed by atoms with E-state index in [-0.39, 0.29) is 32.5 Å². The van der Waals surface area contributed by atoms with Crippen LogP contribution in [0.15, 0.2) is 212 Å². The van der Waals surface area contributed by atoms with Gasteiger partial charge in [0.2, 0.25) is 0 Å². The number of pyridine rings is 1. The first-order valence-corrected chi connectivity index (χ1v) is 30.5. The molecule has 0 spiro atoms. The fourth-order valence-electron chi connectivity index (χ4n) is 11.1. The number of nitrogens with zero attached hydrogens (tertiary/aromatic N) is 1. The Kier molecular flexibility index (Phi) is 15.7. The maximum atomic E-state index is 5.43. The van der Waals surface area contributed by atoms with Crippen molar-refractivity contribution in [3.8, 4) is 100 Å². The van der Waals surface area contributed by atoms with E-state index in [1.807, 2.05) is 0 Å². The molecular formula is C83H89N. The fraction of sp³-hybridized carbons (Fsp3) is 0.289. The molecule has 1 heteroatoms. The number of benzene rings is 9. The van der Waals surface area contributed by atoms with E-state index < -0.39 is 0 Å². The van der Waals surface area contributed by atoms with E-state index in [1.165, 1.54) is 100 Å². The predicted octanol–water partition coefficient (Wildman–Crippen LogP) is 23.9. The van der Waals surface area contributed by atoms with Crippen molar-refractivity contribution in [1.29, 1.82) is 0 Å². The van der Waals surface area contributed by atoms with Gasteiger partial charge in [0.25, 0.3) is 0 Å². The molecule has 1 heterocycles. The van der Waals surface area contributed by atoms with Crippen molar-refractivity contribution in [3.05, 3.63) is 246 Å². The van der Waals surface area contributed by atoms with Crippen molar-refractivity contribution in [1.82, 2.24) is 4.98 Å². The zero-order valence-corrected chi connectivity index (χ0v) is 53.7. The van der Waals surface area contributed by atoms with Crippen molar-refractivity contribution in [2.75, 3.05) is 0 Å². The molecule has 0 aliphatic rings. The van der Waals surface area contributed by atoms with E-state index in [4.69, 9.17) is 4.98 Å². The largest absolute Gasteiger partial charge is 0.248 e. The maximum absolute atomic E-state index is 5.43. The molecule has 1 aromatic heterocycles. The molecule has 0 radical (unpaired) electrons. The second-order valence-corrected chi connectivity index (χ2v) is 30.0. The van der Waals surface area contributed by atoms with Crippen LogP contribution in [0.5, 0.6) is 0 Å². The van der Waals surface area contributed by atoms with E-state index in [0.717, 1.165) is 33.6 Å². The molecule has 84 heavy (non-hydrogen) atoms. The van der Waals surface area contributed by atoms with Crippen LogP contribution in [-0.4, -0.2) is 4.98 Å². The maximum Gasteiger partial charge on any atom is 0.0715 e. The minimum absolute atomic E-state index is 0.0552. The average Bonchev–Trinajstić information content (AvgIpc) is 2.91. The van der Waals surface area contributed by atoms with Crippen LogP contribution in [0.1, 0.15) is 158 Å². The molecule has 0 aliphatic heterocycles. The molecule has 0 amide bonds. The lowest BCUT2D eigenvalue weighted by molar-refractivity contribution is 0.568. The van der Waals surface area contributed by atoms with E-state index in [9.17, 15) is 0 Å². The van der Waals surface area contributed by atoms with Gasteiger partial charge in [-0.3, -0.25) is 0 Å². The van der Waals surface area contributed by atoms with Crippen molar-refractivity contribution in [2.24, 2.45) is 0 Å². The summed E-state index contributed by atoms with van der Waals surface area (Å²) in [4.78, 5) is 5.43. The fourth-order valence-corrected chi connectivity index (χ4v) is 11.1. The quantitative estimate of drug-likeness (QED) is 0.140. The van der Waals surface area contributed by atoms with Crippen molar-refractivity contribution < 1.29 is 0 Å². The van der Waals surface area contributed by atoms with E-state index in [1.54, 1.807) is 0 Å². The van der Waals surface area contributed by atoms with Gasteiger partial charge < -0.3 is 0 Å². The Morgan fingerprint density at radius 3 is 0.440 bits per heavy atom. The summed E-state index contributed by atoms with van der Waals surface area (Å²) in [5.41, 5.74) is 29.4. The zero-order chi connectivity index (χ0) is 60.3. The van der Waals surface area contributed by atoms with Crippen LogP contribution in [0.2, 0.25) is 0 Å². The highest BCUT2D eigenvalue weighted by molar-refractivity contribution is 5.82. The van der Waals surface area contributed by atoms with Crippen LogP contribution in [0, 0.1) is 0 Å². The topological polar surface area (TPSA) is 12.9 Å². The number of rotatable bonds is 9. The van der Waals surface area contributed by atoms with Gasteiger partial charge >= 0.3 is 0 Å². The molecule has 0 N–H and O–H groups in total. The average molecular weight is 1100 g/mol. The predicted molar refractivity (Wildman–Crippen MR) is 365 cm³/mol. The highest BCUT2D eigenvalue weighted by Crippen LogP contribution is 2.40. The Labute approximate surface area is 505 Å². The standard InChI is InChI=1S/C83H89N/c1-78(2,3)70-43-66(44-71(51-70)79(4,5)6)60-27-19-54(20-28-60)55-25-33-63(34-26-55)69-49-76(64-39-35-58(36-40-64)56-21-29-61(30-22-56)67-45-72(80(7,8)9)52-73(46-67)81(10,11)12)84-77(50-69)65-41-37-59(38-42-65)57-23-31-62(32-24-57)68-47-74(82(13,14)15)53-75(48-68)83(16,17)18/h19-53H,1-18H3. The third-order valence-electron chi connectivity index (χ3n) is 17.1. The van der Waals surface area contributed by atoms with Crippen LogP contribution in [0.3, 0.4) is 0 Å². The molecule has 0 atom stereocenters. The van der Waals surface area contributed by atoms with Crippen molar-refractivity contribution in [2.45, 2.75) is 157 Å². The second-order valence-electron chi connectivity index (χ2n) is 30.0. The minimum Gasteiger partial charge on any atom is -0.248 e. The minimum atomic E-state index is 0.0552. The van der Waals surface area contributed by atoms with Gasteiger partial charge in [-0.05, 0) is 156 Å². The lowest BCUT2D eigenvalue weighted by atomic mass is 9.79. The summed E-state index contributed by atoms with van der Waals surface area (Å²) >= 11 is 0. The van der Waals surface area contributed by atoms with Gasteiger partial charge in [-0.15, -0.1) is 0 Å². The van der Waals surface area contributed by atoms with Crippen LogP contribution in [0.25, 0.3) is 100 Å². The highest BCUT2D eigenvalue weighted by Gasteiger charge is 2.25. The Balaban J connectivity index is 0.963. The Morgan fingerprint density at radius 1 is 0.155 bits per heavy atom. The van der Waals surface area contributed by atoms with Gasteiger partial charge in [0.15, 0.2) is 0 Å². The van der Waals surface area contributed by atoms with Gasteiger partial charge in [-0.1, -0.05) is 325 Å². The van der Waals surface area contributed by atoms with Crippen molar-refractivity contribution in [3.63, 3.8) is 0 Å². The van der Waals surface area contributed by atoms with Crippen molar-refractivity contribution >= 4 is 0 Å². The second kappa shape index (κ2) is 22.3. The van der Waals surface area contributed by atoms with E-state index in [0.29, 0.717) is 0 Å². The van der Waals surface area contributed by atoms with Gasteiger partial charge in [-0.2, -0.15) is 0 Å². The molecule has 0 aliphatic carbocycles. The van der Waals surface area contributed by atoms with Crippen LogP contribution in [0.4, 0.5) is 0 Å². The normalized spacial score (nSPS) is 12.6. The first-order chi connectivity index (χ1) is 39.3. The highest BCUT2D eigenvalue weighted by atomic mass is 14.7. The summed E-state index contributed by atoms with van der Waals surface area (Å²) in [6.45, 7) is 41.5. The van der Waals surface area contributed by atoms with Gasteiger partial charge in [0.05, 0.1) is 11.4 Å². The molecule has 426 valence electrons. The monoisotopic (exact) mass is 1100 g/mol. The first kappa shape index (κ1) is 59.3. The van der Waals surface area contributed by atoms with Gasteiger partial charge in [0, 0.05) is 11.1 Å². The Hall–Kier alpha value is -7.87. The molecule has 10 aromatic rings. The molecule has 0 bridgehead atoms. The summed E-state index contributed by atoms with van der Waals surface area (Å²) < 4.78 is 0. The summed E-state index contributed by atoms with van der Waals surface area (Å²) in [5.74, 6) is 0. The molecule has 0 saturated carbocycles. The summed E-state index contributed by atoms with van der Waals surface area (Å²) in [5, 5.41) is 0. The lowest BCUT2D eigenvalue weighted by Crippen LogP contribution is -2.16. The Bertz CT molecular complexity index is 3430. The molecule has 10 rings (SSSR count). The molecule has 0 saturated heterocycles. The SMILES string of the molecule is CC(C)(C)c1cc(-c2ccc(-c3ccc(-c4cc(-c5ccc(-c6ccc(-c7cc(C(C)(C)C)cc(C(C)(C)C)c7)cc6)cc5)nc(-c5ccc(-c6ccc(-c7cc(C(C)(C)C)cc(C(C)(C)C)c7)cc6)cc5)c4)cc3)cc2)cc(C(C)(C)C)c1. The van der Waals surface area contributed by atoms with E-state index >= 15 is 0 Å². The van der Waals surface area contributed by atoms with Gasteiger partial charge in [-0.25, -0.2) is 4.98 Å². The van der Waals surface area contributed by atoms with E-state index in [2.05, 4.69) is 337 Å². The smallest absolute Gasteiger partial charge is 0.0715 e. The summed E-state index contributed by atoms with van der Waals surface area (Å²) in [6, 6.07) is 80.2. The summed E-state index contributed by atoms with van der Waals surface area (Å²) in [6.07, 6.45) is 0. The number of aromatic nitrogens is 1. The molecule has 0 fully saturated rings. The van der Waals surface area contributed by atoms with Crippen LogP contribution >= 0.6 is 0 Å². The molecular weight excluding hydrogens is 1010 g/mol. The molecule has 0 unspecified atom stereocenters. The third kappa shape index (κ3) is 13.4. The molecule has 9 aromatic carbocycles. The third-order valence-corrected chi connectivity index (χ3v) is 17.1. The van der Waals surface area contributed by atoms with Gasteiger partial charge in [0.1, 0.15) is 0 Å². The van der Waals surface area contributed by atoms with Crippen LogP contribution < -0.4 is 0 Å². The zero-order valence-electron chi connectivity index (χ0n) is 53.7. The summed E-state index contributed by atoms with van der Waals surface area (Å²) in [7, 11) is 0. The van der Waals surface area contributed by atoms with Crippen LogP contribution in [-0.2, 0) is 32.5 Å². The number of hydrogen-bond donors (Lipinski definition) is 0. The first-order valence-electron chi connectivity index (χ1n) is 30.5. The molecule has 1 nitrogen and oxygen atoms in total. The lowest BCUT2D eigenvalue weighted by Gasteiger charge is -2.26. The number of hydrogen-bond acceptors (Lipinski definition) is 1. The Morgan fingerprint density at radius 2 is 0.286 bits per heavy atom.